The first-order chi connectivity index (χ1) is 12.6. The van der Waals surface area contributed by atoms with E-state index in [1.54, 1.807) is 16.7 Å². The fourth-order valence-corrected chi connectivity index (χ4v) is 4.50. The molecule has 0 saturated heterocycles. The van der Waals surface area contributed by atoms with Crippen molar-refractivity contribution in [2.45, 2.75) is 37.0 Å². The quantitative estimate of drug-likeness (QED) is 0.505. The van der Waals surface area contributed by atoms with Gasteiger partial charge in [0.2, 0.25) is 0 Å². The third kappa shape index (κ3) is 3.19. The van der Waals surface area contributed by atoms with Gasteiger partial charge in [-0.05, 0) is 55.5 Å². The molecule has 4 rings (SSSR count). The zero-order chi connectivity index (χ0) is 18.1. The normalized spacial score (nSPS) is 13.0. The molecular weight excluding hydrogens is 347 g/mol. The summed E-state index contributed by atoms with van der Waals surface area (Å²) in [5, 5.41) is 0.745. The minimum Gasteiger partial charge on any atom is -0.265 e. The lowest BCUT2D eigenvalue weighted by Crippen LogP contribution is -2.25. The Morgan fingerprint density at radius 3 is 2.81 bits per heavy atom. The van der Waals surface area contributed by atoms with Gasteiger partial charge in [-0.15, -0.1) is 11.8 Å². The lowest BCUT2D eigenvalue weighted by molar-refractivity contribution is 0.617. The van der Waals surface area contributed by atoms with Crippen molar-refractivity contribution in [3.63, 3.8) is 0 Å². The number of halogens is 1. The van der Waals surface area contributed by atoms with Crippen LogP contribution in [0, 0.1) is 12.7 Å². The average molecular weight is 366 g/mol. The first kappa shape index (κ1) is 17.0. The van der Waals surface area contributed by atoms with Crippen LogP contribution in [0.25, 0.3) is 5.69 Å². The Hall–Kier alpha value is -2.40. The van der Waals surface area contributed by atoms with E-state index in [4.69, 9.17) is 0 Å². The molecule has 1 aliphatic carbocycles. The molecule has 0 aliphatic heterocycles. The first-order valence-corrected chi connectivity index (χ1v) is 9.70. The lowest BCUT2D eigenvalue weighted by atomic mass is 10.2. The lowest BCUT2D eigenvalue weighted by Gasteiger charge is -2.14. The summed E-state index contributed by atoms with van der Waals surface area (Å²) in [6.45, 7) is 2.01. The highest BCUT2D eigenvalue weighted by molar-refractivity contribution is 7.98. The largest absolute Gasteiger partial charge is 0.353 e. The number of rotatable bonds is 4. The molecule has 3 aromatic rings. The molecule has 0 amide bonds. The van der Waals surface area contributed by atoms with Crippen molar-refractivity contribution in [1.82, 2.24) is 9.55 Å². The molecule has 5 heteroatoms. The van der Waals surface area contributed by atoms with Crippen molar-refractivity contribution in [3.05, 3.63) is 87.2 Å². The van der Waals surface area contributed by atoms with Crippen LogP contribution in [0.3, 0.4) is 0 Å². The van der Waals surface area contributed by atoms with Crippen molar-refractivity contribution in [2.24, 2.45) is 0 Å². The number of nitrogens with zero attached hydrogens (tertiary/aromatic N) is 2. The van der Waals surface area contributed by atoms with Crippen LogP contribution in [0.2, 0.25) is 0 Å². The van der Waals surface area contributed by atoms with Crippen LogP contribution in [0.4, 0.5) is 4.39 Å². The van der Waals surface area contributed by atoms with Crippen molar-refractivity contribution in [3.8, 4) is 5.69 Å². The van der Waals surface area contributed by atoms with Crippen LogP contribution < -0.4 is 5.69 Å². The van der Waals surface area contributed by atoms with Gasteiger partial charge in [0, 0.05) is 17.0 Å². The van der Waals surface area contributed by atoms with E-state index in [1.807, 2.05) is 37.3 Å². The SMILES string of the molecule is Cc1cccc(-n2c3c(c(SCc4ccccc4F)nc2=O)CCC3)c1. The smallest absolute Gasteiger partial charge is 0.265 e. The highest BCUT2D eigenvalue weighted by Gasteiger charge is 2.23. The van der Waals surface area contributed by atoms with Gasteiger partial charge in [0.15, 0.2) is 0 Å². The Morgan fingerprint density at radius 2 is 2.00 bits per heavy atom. The van der Waals surface area contributed by atoms with Gasteiger partial charge in [0.05, 0.1) is 5.69 Å². The van der Waals surface area contributed by atoms with E-state index in [2.05, 4.69) is 4.98 Å². The third-order valence-corrected chi connectivity index (χ3v) is 5.75. The van der Waals surface area contributed by atoms with Gasteiger partial charge in [-0.1, -0.05) is 30.3 Å². The predicted octanol–water partition coefficient (Wildman–Crippen LogP) is 4.46. The molecule has 1 heterocycles. The summed E-state index contributed by atoms with van der Waals surface area (Å²) in [7, 11) is 0. The van der Waals surface area contributed by atoms with Crippen LogP contribution in [-0.2, 0) is 18.6 Å². The topological polar surface area (TPSA) is 34.9 Å². The average Bonchev–Trinajstić information content (AvgIpc) is 3.10. The van der Waals surface area contributed by atoms with Gasteiger partial charge in [0.25, 0.3) is 0 Å². The summed E-state index contributed by atoms with van der Waals surface area (Å²) in [5.41, 5.74) is 4.53. The van der Waals surface area contributed by atoms with E-state index >= 15 is 0 Å². The molecule has 0 unspecified atom stereocenters. The Balaban J connectivity index is 1.73. The molecule has 1 aliphatic rings. The predicted molar refractivity (Wildman–Crippen MR) is 103 cm³/mol. The minimum atomic E-state index is -0.257. The van der Waals surface area contributed by atoms with Crippen LogP contribution in [0.15, 0.2) is 58.4 Å². The highest BCUT2D eigenvalue weighted by Crippen LogP contribution is 2.32. The summed E-state index contributed by atoms with van der Waals surface area (Å²) >= 11 is 1.45. The number of hydrogen-bond acceptors (Lipinski definition) is 3. The number of benzene rings is 2. The number of hydrogen-bond donors (Lipinski definition) is 0. The maximum atomic E-state index is 13.9. The summed E-state index contributed by atoms with van der Waals surface area (Å²) in [6, 6.07) is 14.7. The maximum absolute atomic E-state index is 13.9. The van der Waals surface area contributed by atoms with Gasteiger partial charge < -0.3 is 0 Å². The van der Waals surface area contributed by atoms with Gasteiger partial charge in [-0.3, -0.25) is 4.57 Å². The Morgan fingerprint density at radius 1 is 1.15 bits per heavy atom. The van der Waals surface area contributed by atoms with Crippen LogP contribution in [0.5, 0.6) is 0 Å². The zero-order valence-corrected chi connectivity index (χ0v) is 15.4. The minimum absolute atomic E-state index is 0.218. The number of thioether (sulfide) groups is 1. The molecule has 26 heavy (non-hydrogen) atoms. The van der Waals surface area contributed by atoms with Gasteiger partial charge in [-0.2, -0.15) is 4.98 Å². The second kappa shape index (κ2) is 7.08. The number of fused-ring (bicyclic) bond motifs is 1. The standard InChI is InChI=1S/C21H19FN2OS/c1-14-6-4-8-16(12-14)24-19-11-5-9-17(19)20(23-21(24)25)26-13-15-7-2-3-10-18(15)22/h2-4,6-8,10,12H,5,9,11,13H2,1H3. The second-order valence-corrected chi connectivity index (χ2v) is 7.50. The van der Waals surface area contributed by atoms with E-state index in [-0.39, 0.29) is 11.5 Å². The molecule has 2 aromatic carbocycles. The highest BCUT2D eigenvalue weighted by atomic mass is 32.2. The summed E-state index contributed by atoms with van der Waals surface area (Å²) < 4.78 is 15.6. The fraction of sp³-hybridized carbons (Fsp3) is 0.238. The number of aromatic nitrogens is 2. The van der Waals surface area contributed by atoms with Crippen LogP contribution in [0.1, 0.15) is 28.8 Å². The van der Waals surface area contributed by atoms with Gasteiger partial charge in [0.1, 0.15) is 10.8 Å². The summed E-state index contributed by atoms with van der Waals surface area (Å²) in [5.74, 6) is 0.254. The van der Waals surface area contributed by atoms with Crippen LogP contribution in [-0.4, -0.2) is 9.55 Å². The molecule has 0 spiro atoms. The Kier molecular flexibility index (Phi) is 4.64. The van der Waals surface area contributed by atoms with Crippen molar-refractivity contribution in [2.75, 3.05) is 0 Å². The first-order valence-electron chi connectivity index (χ1n) is 8.71. The van der Waals surface area contributed by atoms with E-state index in [1.165, 1.54) is 17.8 Å². The van der Waals surface area contributed by atoms with E-state index in [9.17, 15) is 9.18 Å². The van der Waals surface area contributed by atoms with Crippen LogP contribution >= 0.6 is 11.8 Å². The Labute approximate surface area is 155 Å². The van der Waals surface area contributed by atoms with E-state index in [0.29, 0.717) is 11.3 Å². The Bertz CT molecular complexity index is 1030. The van der Waals surface area contributed by atoms with E-state index < -0.39 is 0 Å². The zero-order valence-electron chi connectivity index (χ0n) is 14.5. The van der Waals surface area contributed by atoms with E-state index in [0.717, 1.165) is 46.8 Å². The fourth-order valence-electron chi connectivity index (χ4n) is 3.44. The molecule has 0 bridgehead atoms. The summed E-state index contributed by atoms with van der Waals surface area (Å²) in [6.07, 6.45) is 2.79. The second-order valence-electron chi connectivity index (χ2n) is 6.53. The van der Waals surface area contributed by atoms with Crippen molar-refractivity contribution < 1.29 is 4.39 Å². The third-order valence-electron chi connectivity index (χ3n) is 4.69. The molecule has 132 valence electrons. The number of aryl methyl sites for hydroxylation is 1. The van der Waals surface area contributed by atoms with Crippen molar-refractivity contribution in [1.29, 1.82) is 0 Å². The molecular formula is C21H19FN2OS. The van der Waals surface area contributed by atoms with Gasteiger partial charge >= 0.3 is 5.69 Å². The molecule has 0 saturated carbocycles. The monoisotopic (exact) mass is 366 g/mol. The maximum Gasteiger partial charge on any atom is 0.353 e. The molecule has 0 radical (unpaired) electrons. The summed E-state index contributed by atoms with van der Waals surface area (Å²) in [4.78, 5) is 17.1. The molecule has 1 aromatic heterocycles. The molecule has 0 N–H and O–H groups in total. The van der Waals surface area contributed by atoms with Gasteiger partial charge in [-0.25, -0.2) is 9.18 Å². The van der Waals surface area contributed by atoms with Crippen molar-refractivity contribution >= 4 is 11.8 Å². The molecule has 0 atom stereocenters. The molecule has 0 fully saturated rings. The molecule has 3 nitrogen and oxygen atoms in total.